The van der Waals surface area contributed by atoms with Crippen LogP contribution in [0.15, 0.2) is 4.99 Å². The number of nitrogens with zero attached hydrogens (tertiary/aromatic N) is 2. The van der Waals surface area contributed by atoms with Crippen LogP contribution >= 0.6 is 0 Å². The van der Waals surface area contributed by atoms with Crippen LogP contribution in [0.3, 0.4) is 0 Å². The average Bonchev–Trinajstić information content (AvgIpc) is 2.17. The highest BCUT2D eigenvalue weighted by Crippen LogP contribution is 2.21. The van der Waals surface area contributed by atoms with E-state index in [-0.39, 0.29) is 0 Å². The zero-order valence-corrected chi connectivity index (χ0v) is 11.7. The van der Waals surface area contributed by atoms with Crippen LogP contribution in [-0.4, -0.2) is 30.5 Å². The van der Waals surface area contributed by atoms with Gasteiger partial charge in [0.1, 0.15) is 0 Å². The summed E-state index contributed by atoms with van der Waals surface area (Å²) in [7, 11) is 0. The van der Waals surface area contributed by atoms with E-state index in [0.29, 0.717) is 11.4 Å². The Labute approximate surface area is 101 Å². The Hall–Kier alpha value is -0.730. The first kappa shape index (κ1) is 15.3. The number of unbranched alkanes of at least 4 members (excludes halogenated alkanes) is 1. The van der Waals surface area contributed by atoms with E-state index >= 15 is 0 Å². The summed E-state index contributed by atoms with van der Waals surface area (Å²) < 4.78 is 0. The molecule has 0 amide bonds. The van der Waals surface area contributed by atoms with Gasteiger partial charge in [0, 0.05) is 19.6 Å². The smallest absolute Gasteiger partial charge is 0.191 e. The van der Waals surface area contributed by atoms with Gasteiger partial charge in [0.25, 0.3) is 0 Å². The number of hydrogen-bond donors (Lipinski definition) is 1. The minimum absolute atomic E-state index is 0.439. The van der Waals surface area contributed by atoms with Gasteiger partial charge in [-0.05, 0) is 32.1 Å². The highest BCUT2D eigenvalue weighted by atomic mass is 15.2. The third-order valence-corrected chi connectivity index (χ3v) is 2.70. The third kappa shape index (κ3) is 7.55. The molecule has 0 radical (unpaired) electrons. The molecule has 3 heteroatoms. The normalized spacial score (nSPS) is 12.9. The van der Waals surface area contributed by atoms with E-state index in [1.165, 1.54) is 12.8 Å². The second-order valence-electron chi connectivity index (χ2n) is 5.43. The molecule has 0 aromatic rings. The largest absolute Gasteiger partial charge is 0.370 e. The SMILES string of the molecule is CCN(CC)C(N)=NCCCCC(C)(C)C. The molecular weight excluding hydrogens is 198 g/mol. The van der Waals surface area contributed by atoms with E-state index in [9.17, 15) is 0 Å². The molecular formula is C13H29N3. The van der Waals surface area contributed by atoms with E-state index in [2.05, 4.69) is 44.5 Å². The molecule has 0 spiro atoms. The zero-order chi connectivity index (χ0) is 12.6. The van der Waals surface area contributed by atoms with E-state index in [4.69, 9.17) is 5.73 Å². The molecule has 0 aliphatic heterocycles. The van der Waals surface area contributed by atoms with Crippen molar-refractivity contribution >= 4 is 5.96 Å². The molecule has 0 bridgehead atoms. The van der Waals surface area contributed by atoms with E-state index in [1.54, 1.807) is 0 Å². The Kier molecular flexibility index (Phi) is 7.18. The van der Waals surface area contributed by atoms with Gasteiger partial charge >= 0.3 is 0 Å². The van der Waals surface area contributed by atoms with Crippen molar-refractivity contribution in [3.8, 4) is 0 Å². The summed E-state index contributed by atoms with van der Waals surface area (Å²) in [6.45, 7) is 13.8. The van der Waals surface area contributed by atoms with Crippen LogP contribution in [0.25, 0.3) is 0 Å². The van der Waals surface area contributed by atoms with Gasteiger partial charge in [0.2, 0.25) is 0 Å². The predicted molar refractivity (Wildman–Crippen MR) is 72.7 cm³/mol. The highest BCUT2D eigenvalue weighted by molar-refractivity contribution is 5.77. The quantitative estimate of drug-likeness (QED) is 0.431. The zero-order valence-electron chi connectivity index (χ0n) is 11.7. The van der Waals surface area contributed by atoms with Crippen LogP contribution in [0.1, 0.15) is 53.9 Å². The monoisotopic (exact) mass is 227 g/mol. The van der Waals surface area contributed by atoms with Crippen LogP contribution in [0.4, 0.5) is 0 Å². The van der Waals surface area contributed by atoms with Crippen molar-refractivity contribution in [3.05, 3.63) is 0 Å². The Bertz CT molecular complexity index is 200. The molecule has 0 rings (SSSR count). The maximum absolute atomic E-state index is 5.88. The number of rotatable bonds is 6. The van der Waals surface area contributed by atoms with Crippen molar-refractivity contribution in [1.29, 1.82) is 0 Å². The lowest BCUT2D eigenvalue weighted by Crippen LogP contribution is -2.37. The summed E-state index contributed by atoms with van der Waals surface area (Å²) in [5, 5.41) is 0. The van der Waals surface area contributed by atoms with Crippen molar-refractivity contribution in [3.63, 3.8) is 0 Å². The van der Waals surface area contributed by atoms with E-state index < -0.39 is 0 Å². The topological polar surface area (TPSA) is 41.6 Å². The molecule has 0 atom stereocenters. The Balaban J connectivity index is 3.75. The van der Waals surface area contributed by atoms with Crippen molar-refractivity contribution < 1.29 is 0 Å². The standard InChI is InChI=1S/C13H29N3/c1-6-16(7-2)12(14)15-11-9-8-10-13(3,4)5/h6-11H2,1-5H3,(H2,14,15). The van der Waals surface area contributed by atoms with Gasteiger partial charge in [-0.25, -0.2) is 0 Å². The Morgan fingerprint density at radius 2 is 1.69 bits per heavy atom. The van der Waals surface area contributed by atoms with Crippen LogP contribution < -0.4 is 5.73 Å². The van der Waals surface area contributed by atoms with Crippen molar-refractivity contribution in [1.82, 2.24) is 4.90 Å². The molecule has 0 saturated heterocycles. The molecule has 96 valence electrons. The predicted octanol–water partition coefficient (Wildman–Crippen LogP) is 2.86. The molecule has 2 N–H and O–H groups in total. The van der Waals surface area contributed by atoms with Gasteiger partial charge in [-0.3, -0.25) is 4.99 Å². The highest BCUT2D eigenvalue weighted by Gasteiger charge is 2.08. The first-order valence-electron chi connectivity index (χ1n) is 6.45. The summed E-state index contributed by atoms with van der Waals surface area (Å²) in [5.41, 5.74) is 6.32. The van der Waals surface area contributed by atoms with Crippen molar-refractivity contribution in [2.24, 2.45) is 16.1 Å². The van der Waals surface area contributed by atoms with E-state index in [0.717, 1.165) is 26.1 Å². The van der Waals surface area contributed by atoms with Crippen LogP contribution in [0.2, 0.25) is 0 Å². The lowest BCUT2D eigenvalue weighted by atomic mass is 9.90. The first-order chi connectivity index (χ1) is 7.40. The van der Waals surface area contributed by atoms with Gasteiger partial charge < -0.3 is 10.6 Å². The van der Waals surface area contributed by atoms with Crippen LogP contribution in [0.5, 0.6) is 0 Å². The summed E-state index contributed by atoms with van der Waals surface area (Å²) >= 11 is 0. The van der Waals surface area contributed by atoms with Crippen molar-refractivity contribution in [2.45, 2.75) is 53.9 Å². The van der Waals surface area contributed by atoms with Gasteiger partial charge in [0.05, 0.1) is 0 Å². The summed E-state index contributed by atoms with van der Waals surface area (Å²) in [5.74, 6) is 0.695. The van der Waals surface area contributed by atoms with Gasteiger partial charge in [-0.15, -0.1) is 0 Å². The maximum Gasteiger partial charge on any atom is 0.191 e. The molecule has 0 aliphatic rings. The molecule has 0 heterocycles. The second kappa shape index (κ2) is 7.53. The fourth-order valence-corrected chi connectivity index (χ4v) is 1.61. The second-order valence-corrected chi connectivity index (χ2v) is 5.43. The summed E-state index contributed by atoms with van der Waals surface area (Å²) in [6.07, 6.45) is 3.63. The van der Waals surface area contributed by atoms with Gasteiger partial charge in [-0.1, -0.05) is 27.2 Å². The summed E-state index contributed by atoms with van der Waals surface area (Å²) in [6, 6.07) is 0. The fraction of sp³-hybridized carbons (Fsp3) is 0.923. The maximum atomic E-state index is 5.88. The van der Waals surface area contributed by atoms with E-state index in [1.807, 2.05) is 0 Å². The number of aliphatic imine (C=N–C) groups is 1. The lowest BCUT2D eigenvalue weighted by Gasteiger charge is -2.19. The summed E-state index contributed by atoms with van der Waals surface area (Å²) in [4.78, 5) is 6.49. The molecule has 0 fully saturated rings. The van der Waals surface area contributed by atoms with Crippen LogP contribution in [-0.2, 0) is 0 Å². The van der Waals surface area contributed by atoms with Gasteiger partial charge in [-0.2, -0.15) is 0 Å². The Morgan fingerprint density at radius 1 is 1.12 bits per heavy atom. The van der Waals surface area contributed by atoms with Gasteiger partial charge in [0.15, 0.2) is 5.96 Å². The molecule has 0 aromatic heterocycles. The third-order valence-electron chi connectivity index (χ3n) is 2.70. The number of hydrogen-bond acceptors (Lipinski definition) is 1. The van der Waals surface area contributed by atoms with Crippen LogP contribution in [0, 0.1) is 5.41 Å². The number of guanidine groups is 1. The molecule has 3 nitrogen and oxygen atoms in total. The molecule has 0 unspecified atom stereocenters. The molecule has 0 aliphatic carbocycles. The Morgan fingerprint density at radius 3 is 2.12 bits per heavy atom. The fourth-order valence-electron chi connectivity index (χ4n) is 1.61. The number of nitrogens with two attached hydrogens (primary N) is 1. The molecule has 16 heavy (non-hydrogen) atoms. The first-order valence-corrected chi connectivity index (χ1v) is 6.45. The molecule has 0 aromatic carbocycles. The van der Waals surface area contributed by atoms with Crippen molar-refractivity contribution in [2.75, 3.05) is 19.6 Å². The molecule has 0 saturated carbocycles. The lowest BCUT2D eigenvalue weighted by molar-refractivity contribution is 0.361. The average molecular weight is 227 g/mol. The minimum Gasteiger partial charge on any atom is -0.370 e. The minimum atomic E-state index is 0.439.